The Morgan fingerprint density at radius 1 is 1.56 bits per heavy atom. The van der Waals surface area contributed by atoms with Gasteiger partial charge in [-0.15, -0.1) is 0 Å². The Balaban J connectivity index is 2.04. The van der Waals surface area contributed by atoms with Crippen LogP contribution in [0.15, 0.2) is 24.3 Å². The molecule has 1 fully saturated rings. The molecule has 2 rings (SSSR count). The summed E-state index contributed by atoms with van der Waals surface area (Å²) in [6.07, 6.45) is 2.10. The van der Waals surface area contributed by atoms with E-state index in [9.17, 15) is 4.79 Å². The maximum Gasteiger partial charge on any atom is 0.253 e. The van der Waals surface area contributed by atoms with Gasteiger partial charge in [0, 0.05) is 24.6 Å². The number of aryl methyl sites for hydroxylation is 1. The first kappa shape index (κ1) is 13.1. The fraction of sp³-hybridized carbons (Fsp3) is 0.500. The second-order valence-electron chi connectivity index (χ2n) is 4.96. The number of carbonyl (C=O) groups is 1. The molecule has 4 heteroatoms. The summed E-state index contributed by atoms with van der Waals surface area (Å²) in [5, 5.41) is 0. The van der Waals surface area contributed by atoms with Crippen molar-refractivity contribution in [3.05, 3.63) is 35.4 Å². The summed E-state index contributed by atoms with van der Waals surface area (Å²) in [5.74, 6) is 5.58. The Morgan fingerprint density at radius 3 is 3.11 bits per heavy atom. The SMILES string of the molecule is Cc1cccc(C(=O)N2CCCC(CON)C2)c1. The number of benzene rings is 1. The minimum Gasteiger partial charge on any atom is -0.338 e. The molecule has 18 heavy (non-hydrogen) atoms. The first-order valence-electron chi connectivity index (χ1n) is 6.38. The highest BCUT2D eigenvalue weighted by Crippen LogP contribution is 2.19. The predicted octanol–water partition coefficient (Wildman–Crippen LogP) is 1.74. The number of nitrogens with two attached hydrogens (primary N) is 1. The van der Waals surface area contributed by atoms with E-state index < -0.39 is 0 Å². The number of rotatable bonds is 3. The van der Waals surface area contributed by atoms with Crippen molar-refractivity contribution in [2.45, 2.75) is 19.8 Å². The normalized spacial score (nSPS) is 19.9. The molecule has 1 unspecified atom stereocenters. The molecule has 2 N–H and O–H groups in total. The number of carbonyl (C=O) groups excluding carboxylic acids is 1. The number of hydrogen-bond acceptors (Lipinski definition) is 3. The molecule has 0 spiro atoms. The van der Waals surface area contributed by atoms with Crippen LogP contribution in [-0.4, -0.2) is 30.5 Å². The Morgan fingerprint density at radius 2 is 2.39 bits per heavy atom. The minimum atomic E-state index is 0.112. The van der Waals surface area contributed by atoms with Gasteiger partial charge in [-0.1, -0.05) is 17.7 Å². The van der Waals surface area contributed by atoms with Gasteiger partial charge in [0.05, 0.1) is 6.61 Å². The molecule has 0 aliphatic carbocycles. The van der Waals surface area contributed by atoms with Crippen molar-refractivity contribution in [2.24, 2.45) is 11.8 Å². The molecule has 4 nitrogen and oxygen atoms in total. The van der Waals surface area contributed by atoms with Crippen LogP contribution < -0.4 is 5.90 Å². The van der Waals surface area contributed by atoms with Crippen LogP contribution in [0.4, 0.5) is 0 Å². The molecule has 98 valence electrons. The van der Waals surface area contributed by atoms with Gasteiger partial charge in [-0.25, -0.2) is 5.90 Å². The predicted molar refractivity (Wildman–Crippen MR) is 69.9 cm³/mol. The van der Waals surface area contributed by atoms with Crippen LogP contribution >= 0.6 is 0 Å². The highest BCUT2D eigenvalue weighted by Gasteiger charge is 2.24. The summed E-state index contributed by atoms with van der Waals surface area (Å²) in [7, 11) is 0. The summed E-state index contributed by atoms with van der Waals surface area (Å²) >= 11 is 0. The Labute approximate surface area is 108 Å². The van der Waals surface area contributed by atoms with Crippen LogP contribution in [0.25, 0.3) is 0 Å². The summed E-state index contributed by atoms with van der Waals surface area (Å²) in [6, 6.07) is 7.73. The highest BCUT2D eigenvalue weighted by molar-refractivity contribution is 5.94. The van der Waals surface area contributed by atoms with Crippen LogP contribution in [-0.2, 0) is 4.84 Å². The molecular formula is C14H20N2O2. The lowest BCUT2D eigenvalue weighted by Gasteiger charge is -2.32. The van der Waals surface area contributed by atoms with Crippen molar-refractivity contribution in [1.29, 1.82) is 0 Å². The molecule has 0 radical (unpaired) electrons. The van der Waals surface area contributed by atoms with E-state index in [1.165, 1.54) is 0 Å². The van der Waals surface area contributed by atoms with Gasteiger partial charge in [0.2, 0.25) is 0 Å². The average molecular weight is 248 g/mol. The zero-order valence-corrected chi connectivity index (χ0v) is 10.8. The second kappa shape index (κ2) is 5.98. The number of piperidine rings is 1. The first-order valence-corrected chi connectivity index (χ1v) is 6.38. The quantitative estimate of drug-likeness (QED) is 0.829. The topological polar surface area (TPSA) is 55.6 Å². The lowest BCUT2D eigenvalue weighted by atomic mass is 9.98. The van der Waals surface area contributed by atoms with Crippen molar-refractivity contribution in [3.63, 3.8) is 0 Å². The Kier molecular flexibility index (Phi) is 4.33. The molecule has 1 atom stereocenters. The second-order valence-corrected chi connectivity index (χ2v) is 4.96. The van der Waals surface area contributed by atoms with Gasteiger partial charge in [-0.3, -0.25) is 4.79 Å². The van der Waals surface area contributed by atoms with Gasteiger partial charge < -0.3 is 9.74 Å². The molecule has 1 aliphatic rings. The first-order chi connectivity index (χ1) is 8.70. The van der Waals surface area contributed by atoms with Crippen molar-refractivity contribution >= 4 is 5.91 Å². The van der Waals surface area contributed by atoms with E-state index >= 15 is 0 Å². The lowest BCUT2D eigenvalue weighted by Crippen LogP contribution is -2.41. The summed E-state index contributed by atoms with van der Waals surface area (Å²) < 4.78 is 0. The molecule has 1 aromatic carbocycles. The Bertz CT molecular complexity index is 418. The van der Waals surface area contributed by atoms with E-state index in [1.54, 1.807) is 0 Å². The number of hydrogen-bond donors (Lipinski definition) is 1. The van der Waals surface area contributed by atoms with Gasteiger partial charge in [0.25, 0.3) is 5.91 Å². The lowest BCUT2D eigenvalue weighted by molar-refractivity contribution is 0.0472. The molecule has 1 saturated heterocycles. The van der Waals surface area contributed by atoms with Gasteiger partial charge in [-0.2, -0.15) is 0 Å². The van der Waals surface area contributed by atoms with E-state index in [-0.39, 0.29) is 5.91 Å². The molecule has 1 aliphatic heterocycles. The summed E-state index contributed by atoms with van der Waals surface area (Å²) in [6.45, 7) is 4.09. The molecule has 0 aromatic heterocycles. The summed E-state index contributed by atoms with van der Waals surface area (Å²) in [4.78, 5) is 19.0. The third-order valence-corrected chi connectivity index (χ3v) is 3.40. The van der Waals surface area contributed by atoms with Crippen LogP contribution in [0.2, 0.25) is 0 Å². The van der Waals surface area contributed by atoms with Crippen molar-refractivity contribution in [1.82, 2.24) is 4.90 Å². The van der Waals surface area contributed by atoms with Crippen molar-refractivity contribution in [3.8, 4) is 0 Å². The van der Waals surface area contributed by atoms with E-state index in [0.717, 1.165) is 37.1 Å². The van der Waals surface area contributed by atoms with E-state index in [0.29, 0.717) is 12.5 Å². The minimum absolute atomic E-state index is 0.112. The zero-order valence-electron chi connectivity index (χ0n) is 10.8. The maximum absolute atomic E-state index is 12.4. The largest absolute Gasteiger partial charge is 0.338 e. The highest BCUT2D eigenvalue weighted by atomic mass is 16.6. The third kappa shape index (κ3) is 3.09. The van der Waals surface area contributed by atoms with Gasteiger partial charge >= 0.3 is 0 Å². The monoisotopic (exact) mass is 248 g/mol. The van der Waals surface area contributed by atoms with Crippen molar-refractivity contribution in [2.75, 3.05) is 19.7 Å². The van der Waals surface area contributed by atoms with Crippen LogP contribution in [0.5, 0.6) is 0 Å². The van der Waals surface area contributed by atoms with Gasteiger partial charge in [-0.05, 0) is 31.9 Å². The average Bonchev–Trinajstić information content (AvgIpc) is 2.39. The van der Waals surface area contributed by atoms with Crippen LogP contribution in [0, 0.1) is 12.8 Å². The third-order valence-electron chi connectivity index (χ3n) is 3.40. The molecule has 0 bridgehead atoms. The standard InChI is InChI=1S/C14H20N2O2/c1-11-4-2-6-13(8-11)14(17)16-7-3-5-12(9-16)10-18-15/h2,4,6,8,12H,3,5,7,9-10,15H2,1H3. The summed E-state index contributed by atoms with van der Waals surface area (Å²) in [5.41, 5.74) is 1.88. The number of nitrogens with zero attached hydrogens (tertiary/aromatic N) is 1. The van der Waals surface area contributed by atoms with Gasteiger partial charge in [0.1, 0.15) is 0 Å². The molecule has 0 saturated carbocycles. The molecular weight excluding hydrogens is 228 g/mol. The molecule has 1 heterocycles. The fourth-order valence-electron chi connectivity index (χ4n) is 2.48. The Hall–Kier alpha value is -1.39. The van der Waals surface area contributed by atoms with Gasteiger partial charge in [0.15, 0.2) is 0 Å². The molecule has 1 aromatic rings. The van der Waals surface area contributed by atoms with Crippen LogP contribution in [0.1, 0.15) is 28.8 Å². The molecule has 1 amide bonds. The van der Waals surface area contributed by atoms with E-state index in [4.69, 9.17) is 10.7 Å². The van der Waals surface area contributed by atoms with Crippen molar-refractivity contribution < 1.29 is 9.63 Å². The zero-order chi connectivity index (χ0) is 13.0. The number of amides is 1. The maximum atomic E-state index is 12.4. The fourth-order valence-corrected chi connectivity index (χ4v) is 2.48. The number of likely N-dealkylation sites (tertiary alicyclic amines) is 1. The van der Waals surface area contributed by atoms with Crippen LogP contribution in [0.3, 0.4) is 0 Å². The van der Waals surface area contributed by atoms with E-state index in [1.807, 2.05) is 36.1 Å². The smallest absolute Gasteiger partial charge is 0.253 e. The van der Waals surface area contributed by atoms with E-state index in [2.05, 4.69) is 0 Å².